The maximum Gasteiger partial charge on any atom is 0.223 e. The molecule has 0 amide bonds. The number of quaternary nitrogens is 2. The highest BCUT2D eigenvalue weighted by Gasteiger charge is 3.02. The standard InChI is InChI=1S/C30H34N4/c1-7-31-3-4-32(7)26-29-22-16-12-10-9-11-13-17(19-15(9)18(16)25(19)31)23-21(13)28-24(14(10)11)27(20(12)22)33(28)5-6-34(29,8(33)2)30(23)26/h3-30H,1-2H3/q+2/t7?,8?,9?,10-,11?,12-,13?,14?,15?,16?,17?,18?,19?,20-,21?,22?,23?,24?,25?,26?,27+,28?,29-,30?,33?,34?/m1/s1. The number of hydrogen-bond donors (Lipinski definition) is 0. The van der Waals surface area contributed by atoms with Crippen LogP contribution in [0, 0.1) is 94.7 Å². The second-order valence-corrected chi connectivity index (χ2v) is 16.7. The molecule has 8 saturated carbocycles. The van der Waals surface area contributed by atoms with Crippen molar-refractivity contribution in [2.24, 2.45) is 94.7 Å². The molecule has 0 aromatic rings. The summed E-state index contributed by atoms with van der Waals surface area (Å²) in [5.41, 5.74) is 0. The van der Waals surface area contributed by atoms with Crippen LogP contribution in [0.1, 0.15) is 13.8 Å². The lowest BCUT2D eigenvalue weighted by atomic mass is 9.12. The largest absolute Gasteiger partial charge is 0.353 e. The summed E-state index contributed by atoms with van der Waals surface area (Å²) in [4.78, 5) is 5.99. The molecule has 26 atom stereocenters. The van der Waals surface area contributed by atoms with E-state index < -0.39 is 0 Å². The van der Waals surface area contributed by atoms with Crippen molar-refractivity contribution in [3.8, 4) is 0 Å². The average molecular weight is 451 g/mol. The Kier molecular flexibility index (Phi) is 1.60. The van der Waals surface area contributed by atoms with Crippen LogP contribution in [0.4, 0.5) is 0 Å². The van der Waals surface area contributed by atoms with Gasteiger partial charge in [0.25, 0.3) is 0 Å². The summed E-state index contributed by atoms with van der Waals surface area (Å²) >= 11 is 0. The first-order valence-corrected chi connectivity index (χ1v) is 15.4. The summed E-state index contributed by atoms with van der Waals surface area (Å²) in [5, 5.41) is 0. The maximum absolute atomic E-state index is 3.00. The van der Waals surface area contributed by atoms with Crippen molar-refractivity contribution < 1.29 is 8.97 Å². The molecule has 2 spiro atoms. The lowest BCUT2D eigenvalue weighted by molar-refractivity contribution is -1.14. The van der Waals surface area contributed by atoms with Crippen molar-refractivity contribution in [1.82, 2.24) is 9.80 Å². The summed E-state index contributed by atoms with van der Waals surface area (Å²) in [6.07, 6.45) is 12.6. The maximum atomic E-state index is 3.00. The SMILES string of the molecule is CC1N2C=CN1C1C3C4C5C6C7C8C9C5C2C9C2C5[C@H]9[C@@H]2[C@@H]8C7C2C(C64)[N+]4(C=C[N+]3(C4C)[C@H]51)[C@H]29. The Bertz CT molecular complexity index is 1270. The summed E-state index contributed by atoms with van der Waals surface area (Å²) in [6.45, 7) is 5.41. The van der Waals surface area contributed by atoms with Crippen LogP contribution in [0.3, 0.4) is 0 Å². The minimum Gasteiger partial charge on any atom is -0.353 e. The van der Waals surface area contributed by atoms with E-state index >= 15 is 0 Å². The molecule has 4 nitrogen and oxygen atoms in total. The van der Waals surface area contributed by atoms with Crippen LogP contribution in [0.2, 0.25) is 0 Å². The van der Waals surface area contributed by atoms with Gasteiger partial charge < -0.3 is 9.80 Å². The molecule has 172 valence electrons. The van der Waals surface area contributed by atoms with Gasteiger partial charge in [0.05, 0.1) is 12.1 Å². The van der Waals surface area contributed by atoms with Gasteiger partial charge in [0.15, 0.2) is 12.4 Å². The van der Waals surface area contributed by atoms with Gasteiger partial charge in [-0.1, -0.05) is 0 Å². The molecular formula is C30H34N4+2. The Morgan fingerprint density at radius 1 is 0.441 bits per heavy atom. The molecule has 14 fully saturated rings. The van der Waals surface area contributed by atoms with Crippen molar-refractivity contribution in [3.63, 3.8) is 0 Å². The van der Waals surface area contributed by atoms with Gasteiger partial charge >= 0.3 is 0 Å². The summed E-state index contributed by atoms with van der Waals surface area (Å²) in [6, 6.07) is 5.74. The fourth-order valence-electron chi connectivity index (χ4n) is 19.4. The fourth-order valence-corrected chi connectivity index (χ4v) is 19.4. The van der Waals surface area contributed by atoms with Crippen LogP contribution in [-0.2, 0) is 0 Å². The van der Waals surface area contributed by atoms with Gasteiger partial charge in [0.1, 0.15) is 30.2 Å². The lowest BCUT2D eigenvalue weighted by Crippen LogP contribution is -2.99. The first-order chi connectivity index (χ1) is 16.7. The number of nitrogens with zero attached hydrogens (tertiary/aromatic N) is 4. The van der Waals surface area contributed by atoms with Crippen LogP contribution in [0.25, 0.3) is 0 Å². The number of rotatable bonds is 0. The van der Waals surface area contributed by atoms with E-state index in [1.54, 1.807) is 0 Å². The zero-order valence-electron chi connectivity index (χ0n) is 20.0. The van der Waals surface area contributed by atoms with Crippen LogP contribution in [0.5, 0.6) is 0 Å². The molecule has 8 aliphatic heterocycles. The molecule has 0 N–H and O–H groups in total. The minimum absolute atomic E-state index is 0.629. The molecule has 34 heavy (non-hydrogen) atoms. The van der Waals surface area contributed by atoms with E-state index in [0.29, 0.717) is 6.17 Å². The van der Waals surface area contributed by atoms with Gasteiger partial charge in [0.2, 0.25) is 6.17 Å². The Morgan fingerprint density at radius 3 is 1.47 bits per heavy atom. The Hall–Kier alpha value is -1.00. The van der Waals surface area contributed by atoms with E-state index in [9.17, 15) is 0 Å². The summed E-state index contributed by atoms with van der Waals surface area (Å²) in [7, 11) is 0. The highest BCUT2D eigenvalue weighted by molar-refractivity contribution is 5.43. The zero-order valence-corrected chi connectivity index (χ0v) is 20.0. The molecule has 16 aliphatic rings. The highest BCUT2D eigenvalue weighted by Crippen LogP contribution is 2.95. The van der Waals surface area contributed by atoms with Crippen LogP contribution >= 0.6 is 0 Å². The fraction of sp³-hybridized carbons (Fsp3) is 0.867. The third kappa shape index (κ3) is 0.833. The second-order valence-electron chi connectivity index (χ2n) is 16.7. The normalized spacial score (nSPS) is 91.7. The van der Waals surface area contributed by atoms with Crippen molar-refractivity contribution in [3.05, 3.63) is 24.8 Å². The van der Waals surface area contributed by atoms with Crippen LogP contribution < -0.4 is 0 Å². The van der Waals surface area contributed by atoms with E-state index in [-0.39, 0.29) is 0 Å². The first kappa shape index (κ1) is 15.3. The smallest absolute Gasteiger partial charge is 0.223 e. The third-order valence-corrected chi connectivity index (χ3v) is 18.6. The Balaban J connectivity index is 1.18. The topological polar surface area (TPSA) is 6.48 Å². The highest BCUT2D eigenvalue weighted by atomic mass is 15.7. The quantitative estimate of drug-likeness (QED) is 0.522. The van der Waals surface area contributed by atoms with Gasteiger partial charge in [0, 0.05) is 49.0 Å². The molecule has 0 aromatic carbocycles. The molecule has 0 radical (unpaired) electrons. The average Bonchev–Trinajstić information content (AvgIpc) is 3.30. The number of hydrogen-bond acceptors (Lipinski definition) is 2. The van der Waals surface area contributed by atoms with Gasteiger partial charge in [-0.25, -0.2) is 8.97 Å². The summed E-state index contributed by atoms with van der Waals surface area (Å²) < 4.78 is 3.01. The van der Waals surface area contributed by atoms with Crippen LogP contribution in [-0.4, -0.2) is 67.3 Å². The van der Waals surface area contributed by atoms with E-state index in [0.717, 1.165) is 108 Å². The van der Waals surface area contributed by atoms with E-state index in [2.05, 4.69) is 48.4 Å². The molecule has 6 saturated heterocycles. The van der Waals surface area contributed by atoms with E-state index in [4.69, 9.17) is 0 Å². The van der Waals surface area contributed by atoms with Crippen molar-refractivity contribution in [1.29, 1.82) is 0 Å². The predicted molar refractivity (Wildman–Crippen MR) is 120 cm³/mol. The van der Waals surface area contributed by atoms with Crippen molar-refractivity contribution >= 4 is 0 Å². The minimum atomic E-state index is 0.629. The molecule has 0 aromatic heterocycles. The molecule has 4 heteroatoms. The van der Waals surface area contributed by atoms with Gasteiger partial charge in [-0.05, 0) is 72.0 Å². The van der Waals surface area contributed by atoms with Gasteiger partial charge in [-0.15, -0.1) is 0 Å². The lowest BCUT2D eigenvalue weighted by Gasteiger charge is -2.93. The molecule has 8 heterocycles. The van der Waals surface area contributed by atoms with E-state index in [1.165, 1.54) is 38.6 Å². The second kappa shape index (κ2) is 3.56. The van der Waals surface area contributed by atoms with Gasteiger partial charge in [-0.2, -0.15) is 0 Å². The van der Waals surface area contributed by atoms with Crippen molar-refractivity contribution in [2.75, 3.05) is 0 Å². The Labute approximate surface area is 200 Å². The monoisotopic (exact) mass is 450 g/mol. The summed E-state index contributed by atoms with van der Waals surface area (Å²) in [5.74, 6) is 18.3. The molecule has 6 bridgehead atoms. The molecular weight excluding hydrogens is 416 g/mol. The van der Waals surface area contributed by atoms with Crippen molar-refractivity contribution in [2.45, 2.75) is 62.4 Å². The molecule has 21 unspecified atom stereocenters. The predicted octanol–water partition coefficient (Wildman–Crippen LogP) is 2.13. The Morgan fingerprint density at radius 2 is 0.853 bits per heavy atom. The van der Waals surface area contributed by atoms with Gasteiger partial charge in [-0.3, -0.25) is 0 Å². The van der Waals surface area contributed by atoms with Crippen LogP contribution in [0.15, 0.2) is 24.8 Å². The molecule has 16 rings (SSSR count). The van der Waals surface area contributed by atoms with E-state index in [1.807, 2.05) is 0 Å². The zero-order chi connectivity index (χ0) is 20.8. The first-order valence-electron chi connectivity index (χ1n) is 15.4. The molecule has 8 aliphatic carbocycles. The third-order valence-electron chi connectivity index (χ3n) is 18.6.